The molecule has 1 N–H and O–H groups in total. The van der Waals surface area contributed by atoms with Crippen LogP contribution in [0.4, 0.5) is 0 Å². The van der Waals surface area contributed by atoms with Crippen molar-refractivity contribution in [1.82, 2.24) is 15.5 Å². The topological polar surface area (TPSA) is 95.7 Å². The lowest BCUT2D eigenvalue weighted by atomic mass is 10.2. The van der Waals surface area contributed by atoms with Crippen LogP contribution in [0.5, 0.6) is 17.2 Å². The van der Waals surface area contributed by atoms with Gasteiger partial charge in [-0.3, -0.25) is 4.79 Å². The van der Waals surface area contributed by atoms with E-state index in [4.69, 9.17) is 18.7 Å². The average molecular weight is 452 g/mol. The number of methoxy groups -OCH3 is 3. The lowest BCUT2D eigenvalue weighted by Gasteiger charge is -2.11. The van der Waals surface area contributed by atoms with E-state index < -0.39 is 0 Å². The quantitative estimate of drug-likeness (QED) is 0.424. The van der Waals surface area contributed by atoms with Crippen LogP contribution in [0, 0.1) is 0 Å². The van der Waals surface area contributed by atoms with Crippen molar-refractivity contribution >= 4 is 17.2 Å². The summed E-state index contributed by atoms with van der Waals surface area (Å²) in [6.45, 7) is 0.302. The Morgan fingerprint density at radius 1 is 0.969 bits per heavy atom. The summed E-state index contributed by atoms with van der Waals surface area (Å²) in [5, 5.41) is 6.95. The van der Waals surface area contributed by atoms with Gasteiger partial charge in [0.15, 0.2) is 0 Å². The molecule has 0 bridgehead atoms. The number of rotatable bonds is 8. The summed E-state index contributed by atoms with van der Waals surface area (Å²) in [7, 11) is 4.79. The van der Waals surface area contributed by atoms with E-state index >= 15 is 0 Å². The molecule has 0 aliphatic carbocycles. The lowest BCUT2D eigenvalue weighted by molar-refractivity contribution is 0.0954. The molecule has 0 saturated carbocycles. The highest BCUT2D eigenvalue weighted by Gasteiger charge is 2.16. The Morgan fingerprint density at radius 2 is 1.72 bits per heavy atom. The highest BCUT2D eigenvalue weighted by atomic mass is 32.1. The Labute approximate surface area is 188 Å². The SMILES string of the molecule is COc1ccc(-c2nc(-c3ccc(C(=O)NCc4cc(OC)ccc4OC)s3)no2)cc1. The molecule has 0 aliphatic heterocycles. The van der Waals surface area contributed by atoms with Crippen LogP contribution in [-0.4, -0.2) is 37.4 Å². The minimum Gasteiger partial charge on any atom is -0.497 e. The molecule has 0 unspecified atom stereocenters. The summed E-state index contributed by atoms with van der Waals surface area (Å²) in [5.41, 5.74) is 1.60. The van der Waals surface area contributed by atoms with Gasteiger partial charge in [0, 0.05) is 17.7 Å². The molecule has 0 fully saturated rings. The Morgan fingerprint density at radius 3 is 2.44 bits per heavy atom. The fourth-order valence-corrected chi connectivity index (χ4v) is 3.89. The molecule has 8 nitrogen and oxygen atoms in total. The molecule has 2 aromatic carbocycles. The van der Waals surface area contributed by atoms with E-state index in [1.807, 2.05) is 30.3 Å². The number of ether oxygens (including phenoxy) is 3. The van der Waals surface area contributed by atoms with E-state index in [2.05, 4.69) is 15.5 Å². The van der Waals surface area contributed by atoms with Gasteiger partial charge in [-0.2, -0.15) is 4.98 Å². The summed E-state index contributed by atoms with van der Waals surface area (Å²) in [6.07, 6.45) is 0. The average Bonchev–Trinajstić information content (AvgIpc) is 3.52. The van der Waals surface area contributed by atoms with Crippen LogP contribution in [0.25, 0.3) is 22.2 Å². The monoisotopic (exact) mass is 451 g/mol. The van der Waals surface area contributed by atoms with E-state index in [1.165, 1.54) is 11.3 Å². The molecular weight excluding hydrogens is 430 g/mol. The van der Waals surface area contributed by atoms with Crippen molar-refractivity contribution in [2.75, 3.05) is 21.3 Å². The van der Waals surface area contributed by atoms with Gasteiger partial charge in [-0.15, -0.1) is 11.3 Å². The molecule has 0 spiro atoms. The molecule has 0 radical (unpaired) electrons. The maximum Gasteiger partial charge on any atom is 0.261 e. The maximum absolute atomic E-state index is 12.7. The summed E-state index contributed by atoms with van der Waals surface area (Å²) in [5.74, 6) is 2.73. The number of nitrogens with zero attached hydrogens (tertiary/aromatic N) is 2. The number of carbonyl (C=O) groups is 1. The molecule has 164 valence electrons. The number of nitrogens with one attached hydrogen (secondary N) is 1. The zero-order valence-corrected chi connectivity index (χ0v) is 18.6. The van der Waals surface area contributed by atoms with E-state index in [1.54, 1.807) is 45.6 Å². The fourth-order valence-electron chi connectivity index (χ4n) is 3.04. The first-order valence-electron chi connectivity index (χ1n) is 9.68. The number of benzene rings is 2. The van der Waals surface area contributed by atoms with Gasteiger partial charge in [-0.05, 0) is 54.6 Å². The first-order valence-corrected chi connectivity index (χ1v) is 10.5. The Bertz CT molecular complexity index is 1220. The first kappa shape index (κ1) is 21.4. The number of amides is 1. The number of carbonyl (C=O) groups excluding carboxylic acids is 1. The van der Waals surface area contributed by atoms with Crippen LogP contribution in [0.3, 0.4) is 0 Å². The summed E-state index contributed by atoms with van der Waals surface area (Å²) < 4.78 is 21.1. The Kier molecular flexibility index (Phi) is 6.37. The molecule has 2 heterocycles. The van der Waals surface area contributed by atoms with Crippen molar-refractivity contribution in [3.8, 4) is 39.4 Å². The van der Waals surface area contributed by atoms with Gasteiger partial charge in [0.05, 0.1) is 31.1 Å². The molecule has 0 saturated heterocycles. The van der Waals surface area contributed by atoms with Crippen LogP contribution >= 0.6 is 11.3 Å². The van der Waals surface area contributed by atoms with Gasteiger partial charge in [0.1, 0.15) is 17.2 Å². The van der Waals surface area contributed by atoms with Gasteiger partial charge in [0.25, 0.3) is 11.8 Å². The van der Waals surface area contributed by atoms with E-state index in [-0.39, 0.29) is 5.91 Å². The first-order chi connectivity index (χ1) is 15.6. The Balaban J connectivity index is 1.45. The van der Waals surface area contributed by atoms with Crippen molar-refractivity contribution in [3.63, 3.8) is 0 Å². The third-order valence-electron chi connectivity index (χ3n) is 4.74. The molecule has 2 aromatic heterocycles. The highest BCUT2D eigenvalue weighted by Crippen LogP contribution is 2.29. The zero-order chi connectivity index (χ0) is 22.5. The standard InChI is InChI=1S/C23H21N3O5S/c1-28-16-6-4-14(5-7-16)23-25-21(26-31-23)19-10-11-20(32-19)22(27)24-13-15-12-17(29-2)8-9-18(15)30-3/h4-12H,13H2,1-3H3,(H,24,27). The smallest absolute Gasteiger partial charge is 0.261 e. The third kappa shape index (κ3) is 4.57. The van der Waals surface area contributed by atoms with Crippen molar-refractivity contribution < 1.29 is 23.5 Å². The van der Waals surface area contributed by atoms with Crippen molar-refractivity contribution in [1.29, 1.82) is 0 Å². The van der Waals surface area contributed by atoms with Crippen LogP contribution in [0.2, 0.25) is 0 Å². The van der Waals surface area contributed by atoms with Gasteiger partial charge < -0.3 is 24.1 Å². The summed E-state index contributed by atoms with van der Waals surface area (Å²) in [4.78, 5) is 18.4. The molecule has 1 amide bonds. The van der Waals surface area contributed by atoms with Crippen molar-refractivity contribution in [2.45, 2.75) is 6.54 Å². The third-order valence-corrected chi connectivity index (χ3v) is 5.82. The van der Waals surface area contributed by atoms with E-state index in [0.717, 1.165) is 21.8 Å². The number of thiophene rings is 1. The second kappa shape index (κ2) is 9.52. The minimum absolute atomic E-state index is 0.204. The van der Waals surface area contributed by atoms with Crippen molar-refractivity contribution in [2.24, 2.45) is 0 Å². The lowest BCUT2D eigenvalue weighted by Crippen LogP contribution is -2.22. The molecular formula is C23H21N3O5S. The van der Waals surface area contributed by atoms with E-state index in [9.17, 15) is 4.79 Å². The van der Waals surface area contributed by atoms with E-state index in [0.29, 0.717) is 34.6 Å². The summed E-state index contributed by atoms with van der Waals surface area (Å²) in [6, 6.07) is 16.3. The van der Waals surface area contributed by atoms with Crippen LogP contribution in [0.1, 0.15) is 15.2 Å². The van der Waals surface area contributed by atoms with Crippen LogP contribution < -0.4 is 19.5 Å². The molecule has 32 heavy (non-hydrogen) atoms. The summed E-state index contributed by atoms with van der Waals surface area (Å²) >= 11 is 1.29. The van der Waals surface area contributed by atoms with Crippen molar-refractivity contribution in [3.05, 3.63) is 65.0 Å². The Hall–Kier alpha value is -3.85. The van der Waals surface area contributed by atoms with Crippen LogP contribution in [0.15, 0.2) is 59.1 Å². The van der Waals surface area contributed by atoms with Gasteiger partial charge in [-0.1, -0.05) is 5.16 Å². The van der Waals surface area contributed by atoms with Crippen LogP contribution in [-0.2, 0) is 6.54 Å². The number of hydrogen-bond donors (Lipinski definition) is 1. The molecule has 9 heteroatoms. The predicted molar refractivity (Wildman–Crippen MR) is 120 cm³/mol. The second-order valence-corrected chi connectivity index (χ2v) is 7.76. The number of hydrogen-bond acceptors (Lipinski definition) is 8. The maximum atomic E-state index is 12.7. The predicted octanol–water partition coefficient (Wildman–Crippen LogP) is 4.42. The second-order valence-electron chi connectivity index (χ2n) is 6.68. The number of aromatic nitrogens is 2. The molecule has 4 aromatic rings. The molecule has 0 aliphatic rings. The largest absolute Gasteiger partial charge is 0.497 e. The molecule has 0 atom stereocenters. The van der Waals surface area contributed by atoms with Gasteiger partial charge in [-0.25, -0.2) is 0 Å². The minimum atomic E-state index is -0.204. The highest BCUT2D eigenvalue weighted by molar-refractivity contribution is 7.17. The van der Waals surface area contributed by atoms with Gasteiger partial charge in [0.2, 0.25) is 5.82 Å². The molecule has 4 rings (SSSR count). The zero-order valence-electron chi connectivity index (χ0n) is 17.7. The van der Waals surface area contributed by atoms with Gasteiger partial charge >= 0.3 is 0 Å². The normalized spacial score (nSPS) is 10.6. The fraction of sp³-hybridized carbons (Fsp3) is 0.174.